The molecule has 17 heavy (non-hydrogen) atoms. The number of aromatic nitrogens is 1. The third-order valence-corrected chi connectivity index (χ3v) is 3.20. The van der Waals surface area contributed by atoms with Gasteiger partial charge in [0, 0.05) is 32.0 Å². The molecule has 0 aliphatic rings. The molecule has 96 valence electrons. The molecule has 0 aliphatic heterocycles. The van der Waals surface area contributed by atoms with E-state index in [1.165, 1.54) is 11.3 Å². The molecule has 0 aliphatic carbocycles. The monoisotopic (exact) mass is 257 g/mol. The summed E-state index contributed by atoms with van der Waals surface area (Å²) in [6, 6.07) is 0. The van der Waals surface area contributed by atoms with E-state index in [-0.39, 0.29) is 12.5 Å². The summed E-state index contributed by atoms with van der Waals surface area (Å²) in [5.41, 5.74) is 0.933. The number of nitrogens with one attached hydrogen (secondary N) is 1. The zero-order valence-corrected chi connectivity index (χ0v) is 11.1. The SMILES string of the molecule is CCN(C(C)=O)c1nc(CNCCCO)cs1. The van der Waals surface area contributed by atoms with Gasteiger partial charge in [0.2, 0.25) is 5.91 Å². The van der Waals surface area contributed by atoms with Crippen LogP contribution in [0.15, 0.2) is 5.38 Å². The summed E-state index contributed by atoms with van der Waals surface area (Å²) in [7, 11) is 0. The Kier molecular flexibility index (Phi) is 6.10. The van der Waals surface area contributed by atoms with E-state index in [4.69, 9.17) is 5.11 Å². The molecule has 1 aromatic heterocycles. The van der Waals surface area contributed by atoms with Crippen molar-refractivity contribution in [2.45, 2.75) is 26.8 Å². The first-order valence-corrected chi connectivity index (χ1v) is 6.61. The minimum absolute atomic E-state index is 0.0154. The zero-order valence-electron chi connectivity index (χ0n) is 10.3. The summed E-state index contributed by atoms with van der Waals surface area (Å²) >= 11 is 1.48. The van der Waals surface area contributed by atoms with Crippen molar-refractivity contribution in [2.75, 3.05) is 24.6 Å². The first kappa shape index (κ1) is 14.1. The maximum Gasteiger partial charge on any atom is 0.225 e. The van der Waals surface area contributed by atoms with Crippen molar-refractivity contribution < 1.29 is 9.90 Å². The van der Waals surface area contributed by atoms with Crippen LogP contribution >= 0.6 is 11.3 Å². The molecule has 0 saturated heterocycles. The highest BCUT2D eigenvalue weighted by molar-refractivity contribution is 7.14. The molecule has 0 fully saturated rings. The third-order valence-electron chi connectivity index (χ3n) is 2.28. The number of nitrogens with zero attached hydrogens (tertiary/aromatic N) is 2. The van der Waals surface area contributed by atoms with Crippen molar-refractivity contribution in [1.29, 1.82) is 0 Å². The summed E-state index contributed by atoms with van der Waals surface area (Å²) < 4.78 is 0. The number of carbonyl (C=O) groups excluding carboxylic acids is 1. The van der Waals surface area contributed by atoms with Crippen molar-refractivity contribution in [3.8, 4) is 0 Å². The number of aliphatic hydroxyl groups excluding tert-OH is 1. The van der Waals surface area contributed by atoms with E-state index in [0.29, 0.717) is 13.1 Å². The molecule has 0 aromatic carbocycles. The Morgan fingerprint density at radius 3 is 3.00 bits per heavy atom. The van der Waals surface area contributed by atoms with Crippen molar-refractivity contribution in [3.05, 3.63) is 11.1 Å². The van der Waals surface area contributed by atoms with E-state index in [2.05, 4.69) is 10.3 Å². The predicted octanol–water partition coefficient (Wildman–Crippen LogP) is 0.988. The number of thiazole rings is 1. The maximum absolute atomic E-state index is 11.3. The molecule has 0 atom stereocenters. The van der Waals surface area contributed by atoms with Gasteiger partial charge in [-0.15, -0.1) is 11.3 Å². The summed E-state index contributed by atoms with van der Waals surface area (Å²) in [5, 5.41) is 14.5. The van der Waals surface area contributed by atoms with E-state index in [1.807, 2.05) is 12.3 Å². The fourth-order valence-corrected chi connectivity index (χ4v) is 2.35. The molecule has 1 rings (SSSR count). The van der Waals surface area contributed by atoms with Gasteiger partial charge in [0.25, 0.3) is 0 Å². The standard InChI is InChI=1S/C11H19N3O2S/c1-3-14(9(2)16)11-13-10(8-17-11)7-12-5-4-6-15/h8,12,15H,3-7H2,1-2H3. The van der Waals surface area contributed by atoms with Gasteiger partial charge in [0.05, 0.1) is 5.69 Å². The van der Waals surface area contributed by atoms with Crippen LogP contribution in [0.25, 0.3) is 0 Å². The van der Waals surface area contributed by atoms with Crippen molar-refractivity contribution in [1.82, 2.24) is 10.3 Å². The number of carbonyl (C=O) groups is 1. The van der Waals surface area contributed by atoms with Crippen LogP contribution in [0, 0.1) is 0 Å². The fraction of sp³-hybridized carbons (Fsp3) is 0.636. The Balaban J connectivity index is 2.49. The van der Waals surface area contributed by atoms with Gasteiger partial charge in [-0.1, -0.05) is 0 Å². The van der Waals surface area contributed by atoms with Crippen LogP contribution in [0.4, 0.5) is 5.13 Å². The number of aliphatic hydroxyl groups is 1. The Hall–Kier alpha value is -0.980. The highest BCUT2D eigenvalue weighted by atomic mass is 32.1. The number of rotatable bonds is 7. The molecule has 0 radical (unpaired) electrons. The molecule has 5 nitrogen and oxygen atoms in total. The first-order valence-electron chi connectivity index (χ1n) is 5.73. The fourth-order valence-electron chi connectivity index (χ4n) is 1.41. The molecule has 1 heterocycles. The van der Waals surface area contributed by atoms with Crippen LogP contribution in [0.3, 0.4) is 0 Å². The van der Waals surface area contributed by atoms with Crippen LogP contribution in [0.2, 0.25) is 0 Å². The summed E-state index contributed by atoms with van der Waals surface area (Å²) in [5.74, 6) is 0.0154. The van der Waals surface area contributed by atoms with Gasteiger partial charge in [-0.05, 0) is 19.9 Å². The number of anilines is 1. The highest BCUT2D eigenvalue weighted by Gasteiger charge is 2.12. The van der Waals surface area contributed by atoms with E-state index in [1.54, 1.807) is 11.8 Å². The van der Waals surface area contributed by atoms with Crippen LogP contribution in [0.5, 0.6) is 0 Å². The topological polar surface area (TPSA) is 65.5 Å². The second-order valence-electron chi connectivity index (χ2n) is 3.64. The number of hydrogen-bond donors (Lipinski definition) is 2. The van der Waals surface area contributed by atoms with Crippen LogP contribution in [0.1, 0.15) is 26.0 Å². The smallest absolute Gasteiger partial charge is 0.225 e. The van der Waals surface area contributed by atoms with E-state index < -0.39 is 0 Å². The van der Waals surface area contributed by atoms with Gasteiger partial charge < -0.3 is 10.4 Å². The van der Waals surface area contributed by atoms with Gasteiger partial charge >= 0.3 is 0 Å². The summed E-state index contributed by atoms with van der Waals surface area (Å²) in [6.45, 7) is 5.76. The molecular weight excluding hydrogens is 238 g/mol. The van der Waals surface area contributed by atoms with E-state index in [0.717, 1.165) is 23.8 Å². The molecule has 2 N–H and O–H groups in total. The Labute approximate surface area is 105 Å². The molecule has 0 bridgehead atoms. The first-order chi connectivity index (χ1) is 8.19. The largest absolute Gasteiger partial charge is 0.396 e. The lowest BCUT2D eigenvalue weighted by atomic mass is 10.4. The number of amides is 1. The second-order valence-corrected chi connectivity index (χ2v) is 4.48. The van der Waals surface area contributed by atoms with Crippen LogP contribution in [-0.2, 0) is 11.3 Å². The van der Waals surface area contributed by atoms with Crippen LogP contribution < -0.4 is 10.2 Å². The summed E-state index contributed by atoms with van der Waals surface area (Å²) in [6.07, 6.45) is 0.742. The normalized spacial score (nSPS) is 10.5. The quantitative estimate of drug-likeness (QED) is 0.715. The lowest BCUT2D eigenvalue weighted by Gasteiger charge is -2.14. The minimum Gasteiger partial charge on any atom is -0.396 e. The highest BCUT2D eigenvalue weighted by Crippen LogP contribution is 2.20. The lowest BCUT2D eigenvalue weighted by Crippen LogP contribution is -2.27. The van der Waals surface area contributed by atoms with Gasteiger partial charge in [0.1, 0.15) is 0 Å². The number of hydrogen-bond acceptors (Lipinski definition) is 5. The molecule has 0 unspecified atom stereocenters. The third kappa shape index (κ3) is 4.41. The molecular formula is C11H19N3O2S. The van der Waals surface area contributed by atoms with Gasteiger partial charge in [0.15, 0.2) is 5.13 Å². The Bertz CT molecular complexity index is 354. The van der Waals surface area contributed by atoms with Crippen molar-refractivity contribution in [2.24, 2.45) is 0 Å². The average molecular weight is 257 g/mol. The predicted molar refractivity (Wildman–Crippen MR) is 69.2 cm³/mol. The van der Waals surface area contributed by atoms with Crippen molar-refractivity contribution in [3.63, 3.8) is 0 Å². The lowest BCUT2D eigenvalue weighted by molar-refractivity contribution is -0.116. The van der Waals surface area contributed by atoms with E-state index >= 15 is 0 Å². The molecule has 1 aromatic rings. The van der Waals surface area contributed by atoms with E-state index in [9.17, 15) is 4.79 Å². The molecule has 6 heteroatoms. The van der Waals surface area contributed by atoms with Crippen LogP contribution in [-0.4, -0.2) is 35.7 Å². The Morgan fingerprint density at radius 2 is 2.41 bits per heavy atom. The Morgan fingerprint density at radius 1 is 1.65 bits per heavy atom. The van der Waals surface area contributed by atoms with Gasteiger partial charge in [-0.25, -0.2) is 4.98 Å². The average Bonchev–Trinajstić information content (AvgIpc) is 2.74. The minimum atomic E-state index is 0.0154. The molecule has 0 spiro atoms. The van der Waals surface area contributed by atoms with Gasteiger partial charge in [-0.3, -0.25) is 9.69 Å². The van der Waals surface area contributed by atoms with Crippen molar-refractivity contribution >= 4 is 22.4 Å². The molecule has 1 amide bonds. The maximum atomic E-state index is 11.3. The molecule has 0 saturated carbocycles. The zero-order chi connectivity index (χ0) is 12.7. The summed E-state index contributed by atoms with van der Waals surface area (Å²) in [4.78, 5) is 17.4. The second kappa shape index (κ2) is 7.37. The van der Waals surface area contributed by atoms with Gasteiger partial charge in [-0.2, -0.15) is 0 Å².